The van der Waals surface area contributed by atoms with Crippen molar-refractivity contribution >= 4 is 44.0 Å². The lowest BCUT2D eigenvalue weighted by molar-refractivity contribution is -0.0394. The molecule has 0 radical (unpaired) electrons. The molecule has 0 spiro atoms. The molecule has 1 saturated heterocycles. The summed E-state index contributed by atoms with van der Waals surface area (Å²) >= 11 is 4.82. The number of rotatable bonds is 6. The van der Waals surface area contributed by atoms with E-state index in [0.717, 1.165) is 43.2 Å². The predicted molar refractivity (Wildman–Crippen MR) is 99.1 cm³/mol. The number of primary amides is 1. The Kier molecular flexibility index (Phi) is 4.79. The average molecular weight is 426 g/mol. The van der Waals surface area contributed by atoms with Crippen LogP contribution in [-0.4, -0.2) is 33.8 Å². The lowest BCUT2D eigenvalue weighted by Gasteiger charge is -2.23. The zero-order chi connectivity index (χ0) is 17.4. The Morgan fingerprint density at radius 3 is 2.92 bits per heavy atom. The number of halogens is 1. The highest BCUT2D eigenvalue weighted by Crippen LogP contribution is 2.39. The van der Waals surface area contributed by atoms with Crippen molar-refractivity contribution in [3.63, 3.8) is 0 Å². The van der Waals surface area contributed by atoms with Gasteiger partial charge >= 0.3 is 0 Å². The van der Waals surface area contributed by atoms with Crippen molar-refractivity contribution in [2.24, 2.45) is 11.7 Å². The summed E-state index contributed by atoms with van der Waals surface area (Å²) in [6.07, 6.45) is 9.58. The van der Waals surface area contributed by atoms with Crippen molar-refractivity contribution in [1.82, 2.24) is 14.8 Å². The third kappa shape index (κ3) is 3.73. The standard InChI is InChI=1S/C16H20BrN5O2S/c17-14-13(15(18)23)20-16(25-14)21(8-10-4-5-10)11-7-19-22(9-11)12-3-1-2-6-24-12/h7,9-10,12H,1-6,8H2,(H2,18,23). The Hall–Kier alpha value is -1.45. The second kappa shape index (κ2) is 7.05. The molecule has 2 aromatic heterocycles. The fraction of sp³-hybridized carbons (Fsp3) is 0.562. The molecular weight excluding hydrogens is 406 g/mol. The molecule has 3 heterocycles. The number of carbonyl (C=O) groups is 1. The smallest absolute Gasteiger partial charge is 0.269 e. The first-order valence-electron chi connectivity index (χ1n) is 8.51. The van der Waals surface area contributed by atoms with Crippen molar-refractivity contribution in [2.45, 2.75) is 38.3 Å². The van der Waals surface area contributed by atoms with Gasteiger partial charge in [-0.2, -0.15) is 5.10 Å². The van der Waals surface area contributed by atoms with Crippen molar-refractivity contribution in [2.75, 3.05) is 18.1 Å². The number of amides is 1. The second-order valence-corrected chi connectivity index (χ2v) is 8.83. The first kappa shape index (κ1) is 17.0. The molecule has 1 amide bonds. The third-order valence-corrected chi connectivity index (χ3v) is 6.25. The van der Waals surface area contributed by atoms with E-state index in [-0.39, 0.29) is 11.9 Å². The van der Waals surface area contributed by atoms with Gasteiger partial charge in [-0.05, 0) is 54.0 Å². The first-order chi connectivity index (χ1) is 12.1. The molecule has 2 N–H and O–H groups in total. The highest BCUT2D eigenvalue weighted by molar-refractivity contribution is 9.11. The molecule has 1 aliphatic carbocycles. The number of nitrogens with zero attached hydrogens (tertiary/aromatic N) is 4. The van der Waals surface area contributed by atoms with Crippen molar-refractivity contribution in [3.05, 3.63) is 21.9 Å². The quantitative estimate of drug-likeness (QED) is 0.765. The first-order valence-corrected chi connectivity index (χ1v) is 10.1. The molecule has 25 heavy (non-hydrogen) atoms. The number of carbonyl (C=O) groups excluding carboxylic acids is 1. The summed E-state index contributed by atoms with van der Waals surface area (Å²) in [6, 6.07) is 0. The monoisotopic (exact) mass is 425 g/mol. The summed E-state index contributed by atoms with van der Waals surface area (Å²) < 4.78 is 8.37. The lowest BCUT2D eigenvalue weighted by Crippen LogP contribution is -2.21. The van der Waals surface area contributed by atoms with E-state index in [4.69, 9.17) is 10.5 Å². The molecule has 1 atom stereocenters. The van der Waals surface area contributed by atoms with Crippen LogP contribution in [0.15, 0.2) is 16.2 Å². The van der Waals surface area contributed by atoms with Crippen LogP contribution in [0.5, 0.6) is 0 Å². The molecule has 134 valence electrons. The number of aromatic nitrogens is 3. The van der Waals surface area contributed by atoms with E-state index in [2.05, 4.69) is 30.9 Å². The normalized spacial score (nSPS) is 20.6. The molecule has 7 nitrogen and oxygen atoms in total. The van der Waals surface area contributed by atoms with Crippen LogP contribution < -0.4 is 10.6 Å². The maximum atomic E-state index is 11.5. The zero-order valence-electron chi connectivity index (χ0n) is 13.7. The molecule has 0 bridgehead atoms. The fourth-order valence-electron chi connectivity index (χ4n) is 2.97. The highest BCUT2D eigenvalue weighted by Gasteiger charge is 2.29. The van der Waals surface area contributed by atoms with Crippen LogP contribution in [0, 0.1) is 5.92 Å². The van der Waals surface area contributed by atoms with E-state index in [9.17, 15) is 4.79 Å². The van der Waals surface area contributed by atoms with Crippen LogP contribution >= 0.6 is 27.3 Å². The van der Waals surface area contributed by atoms with Crippen LogP contribution in [-0.2, 0) is 4.74 Å². The van der Waals surface area contributed by atoms with Crippen LogP contribution in [0.25, 0.3) is 0 Å². The van der Waals surface area contributed by atoms with Gasteiger partial charge in [-0.25, -0.2) is 9.67 Å². The molecule has 4 rings (SSSR count). The van der Waals surface area contributed by atoms with Gasteiger partial charge in [0.1, 0.15) is 10.0 Å². The molecule has 2 fully saturated rings. The number of nitrogens with two attached hydrogens (primary N) is 1. The van der Waals surface area contributed by atoms with Gasteiger partial charge in [0.15, 0.2) is 10.8 Å². The minimum Gasteiger partial charge on any atom is -0.364 e. The largest absolute Gasteiger partial charge is 0.364 e. The summed E-state index contributed by atoms with van der Waals surface area (Å²) in [5.74, 6) is 0.140. The van der Waals surface area contributed by atoms with Crippen molar-refractivity contribution in [3.8, 4) is 0 Å². The van der Waals surface area contributed by atoms with E-state index in [1.165, 1.54) is 24.2 Å². The Balaban J connectivity index is 1.61. The molecular formula is C16H20BrN5O2S. The molecule has 9 heteroatoms. The lowest BCUT2D eigenvalue weighted by atomic mass is 10.2. The molecule has 2 aliphatic rings. The van der Waals surface area contributed by atoms with Gasteiger partial charge in [-0.3, -0.25) is 4.79 Å². The summed E-state index contributed by atoms with van der Waals surface area (Å²) in [7, 11) is 0. The second-order valence-electron chi connectivity index (χ2n) is 6.54. The van der Waals surface area contributed by atoms with Crippen LogP contribution in [0.4, 0.5) is 10.8 Å². The Morgan fingerprint density at radius 2 is 2.28 bits per heavy atom. The maximum Gasteiger partial charge on any atom is 0.269 e. The van der Waals surface area contributed by atoms with Gasteiger partial charge in [0, 0.05) is 13.2 Å². The minimum absolute atomic E-state index is 0.00878. The zero-order valence-corrected chi connectivity index (χ0v) is 16.1. The van der Waals surface area contributed by atoms with Gasteiger partial charge < -0.3 is 15.4 Å². The van der Waals surface area contributed by atoms with Crippen LogP contribution in [0.1, 0.15) is 48.8 Å². The number of hydrogen-bond donors (Lipinski definition) is 1. The van der Waals surface area contributed by atoms with E-state index in [0.29, 0.717) is 9.70 Å². The van der Waals surface area contributed by atoms with Gasteiger partial charge in [0.2, 0.25) is 0 Å². The van der Waals surface area contributed by atoms with E-state index >= 15 is 0 Å². The van der Waals surface area contributed by atoms with Gasteiger partial charge in [0.25, 0.3) is 5.91 Å². The van der Waals surface area contributed by atoms with E-state index in [1.807, 2.05) is 17.1 Å². The van der Waals surface area contributed by atoms with Gasteiger partial charge in [-0.15, -0.1) is 0 Å². The average Bonchev–Trinajstić information content (AvgIpc) is 3.15. The Labute approximate surface area is 158 Å². The van der Waals surface area contributed by atoms with E-state index < -0.39 is 5.91 Å². The predicted octanol–water partition coefficient (Wildman–Crippen LogP) is 3.45. The number of thiazole rings is 1. The summed E-state index contributed by atoms with van der Waals surface area (Å²) in [4.78, 5) is 18.1. The summed E-state index contributed by atoms with van der Waals surface area (Å²) in [5.41, 5.74) is 6.66. The molecule has 1 saturated carbocycles. The Bertz CT molecular complexity index is 766. The van der Waals surface area contributed by atoms with Crippen LogP contribution in [0.2, 0.25) is 0 Å². The topological polar surface area (TPSA) is 86.3 Å². The maximum absolute atomic E-state index is 11.5. The summed E-state index contributed by atoms with van der Waals surface area (Å²) in [5, 5.41) is 5.26. The summed E-state index contributed by atoms with van der Waals surface area (Å²) in [6.45, 7) is 1.66. The number of anilines is 2. The SMILES string of the molecule is NC(=O)c1nc(N(CC2CC2)c2cnn(C3CCCCO3)c2)sc1Br. The highest BCUT2D eigenvalue weighted by atomic mass is 79.9. The number of ether oxygens (including phenoxy) is 1. The van der Waals surface area contributed by atoms with Crippen molar-refractivity contribution in [1.29, 1.82) is 0 Å². The fourth-order valence-corrected chi connectivity index (χ4v) is 4.52. The minimum atomic E-state index is -0.521. The molecule has 1 unspecified atom stereocenters. The van der Waals surface area contributed by atoms with Gasteiger partial charge in [-0.1, -0.05) is 11.3 Å². The van der Waals surface area contributed by atoms with E-state index in [1.54, 1.807) is 0 Å². The molecule has 1 aliphatic heterocycles. The number of hydrogen-bond acceptors (Lipinski definition) is 6. The molecule has 0 aromatic carbocycles. The van der Waals surface area contributed by atoms with Crippen molar-refractivity contribution < 1.29 is 9.53 Å². The molecule has 2 aromatic rings. The van der Waals surface area contributed by atoms with Crippen LogP contribution in [0.3, 0.4) is 0 Å². The van der Waals surface area contributed by atoms with Gasteiger partial charge in [0.05, 0.1) is 18.1 Å². The third-order valence-electron chi connectivity index (χ3n) is 4.53. The Morgan fingerprint density at radius 1 is 1.44 bits per heavy atom.